The van der Waals surface area contributed by atoms with E-state index in [1.807, 2.05) is 41.1 Å². The highest BCUT2D eigenvalue weighted by Gasteiger charge is 2.29. The van der Waals surface area contributed by atoms with Crippen LogP contribution in [0.25, 0.3) is 6.08 Å². The first-order valence-corrected chi connectivity index (χ1v) is 9.53. The monoisotopic (exact) mass is 364 g/mol. The highest BCUT2D eigenvalue weighted by molar-refractivity contribution is 5.91. The first kappa shape index (κ1) is 17.5. The van der Waals surface area contributed by atoms with Crippen LogP contribution in [-0.4, -0.2) is 26.5 Å². The van der Waals surface area contributed by atoms with Gasteiger partial charge in [0.15, 0.2) is 0 Å². The fraction of sp³-hybridized carbons (Fsp3) is 0.381. The maximum Gasteiger partial charge on any atom is 0.227 e. The number of hydrogen-bond donors (Lipinski definition) is 1. The third kappa shape index (κ3) is 3.52. The van der Waals surface area contributed by atoms with Gasteiger partial charge in [-0.2, -0.15) is 5.10 Å². The first-order valence-electron chi connectivity index (χ1n) is 9.53. The number of rotatable bonds is 4. The fourth-order valence-corrected chi connectivity index (χ4v) is 4.14. The van der Waals surface area contributed by atoms with Gasteiger partial charge in [-0.1, -0.05) is 37.1 Å². The van der Waals surface area contributed by atoms with Gasteiger partial charge in [-0.15, -0.1) is 0 Å². The van der Waals surface area contributed by atoms with Crippen LogP contribution in [0.5, 0.6) is 0 Å². The molecule has 1 aliphatic heterocycles. The van der Waals surface area contributed by atoms with Crippen molar-refractivity contribution < 1.29 is 9.59 Å². The van der Waals surface area contributed by atoms with E-state index in [1.165, 1.54) is 19.8 Å². The van der Waals surface area contributed by atoms with Gasteiger partial charge in [-0.25, -0.2) is 4.68 Å². The van der Waals surface area contributed by atoms with Crippen molar-refractivity contribution in [2.45, 2.75) is 51.1 Å². The predicted octanol–water partition coefficient (Wildman–Crippen LogP) is 3.90. The quantitative estimate of drug-likeness (QED) is 0.895. The molecule has 0 saturated heterocycles. The van der Waals surface area contributed by atoms with Crippen molar-refractivity contribution in [3.8, 4) is 0 Å². The van der Waals surface area contributed by atoms with Crippen molar-refractivity contribution in [3.05, 3.63) is 53.9 Å². The third-order valence-corrected chi connectivity index (χ3v) is 5.46. The molecule has 6 nitrogen and oxygen atoms in total. The molecule has 1 atom stereocenters. The number of aromatic nitrogens is 2. The number of carbonyl (C=O) groups is 2. The lowest BCUT2D eigenvalue weighted by Crippen LogP contribution is -2.33. The number of amides is 2. The van der Waals surface area contributed by atoms with Crippen LogP contribution in [0.2, 0.25) is 0 Å². The van der Waals surface area contributed by atoms with E-state index in [-0.39, 0.29) is 24.3 Å². The summed E-state index contributed by atoms with van der Waals surface area (Å²) in [5.74, 6) is 0.548. The van der Waals surface area contributed by atoms with Crippen LogP contribution in [-0.2, 0) is 9.59 Å². The number of benzene rings is 1. The fourth-order valence-electron chi connectivity index (χ4n) is 4.14. The summed E-state index contributed by atoms with van der Waals surface area (Å²) in [6, 6.07) is 9.79. The van der Waals surface area contributed by atoms with Crippen LogP contribution in [0.1, 0.15) is 62.2 Å². The summed E-state index contributed by atoms with van der Waals surface area (Å²) in [5, 5.41) is 7.41. The molecule has 0 bridgehead atoms. The van der Waals surface area contributed by atoms with E-state index in [9.17, 15) is 9.59 Å². The minimum atomic E-state index is -0.299. The number of carbonyl (C=O) groups excluding carboxylic acids is 2. The summed E-state index contributed by atoms with van der Waals surface area (Å²) < 4.78 is 1.93. The predicted molar refractivity (Wildman–Crippen MR) is 104 cm³/mol. The molecule has 1 aromatic heterocycles. The Morgan fingerprint density at radius 1 is 1.19 bits per heavy atom. The molecular formula is C21H24N4O2. The number of nitrogens with one attached hydrogen (secondary N) is 1. The molecule has 6 heteroatoms. The second-order valence-electron chi connectivity index (χ2n) is 7.24. The molecule has 27 heavy (non-hydrogen) atoms. The topological polar surface area (TPSA) is 67.2 Å². The molecule has 1 aromatic carbocycles. The van der Waals surface area contributed by atoms with Crippen molar-refractivity contribution in [1.82, 2.24) is 14.7 Å². The zero-order valence-corrected chi connectivity index (χ0v) is 15.5. The lowest BCUT2D eigenvalue weighted by Gasteiger charge is -2.32. The summed E-state index contributed by atoms with van der Waals surface area (Å²) >= 11 is 0. The summed E-state index contributed by atoms with van der Waals surface area (Å²) in [6.45, 7) is 1.53. The number of hydrogen-bond acceptors (Lipinski definition) is 3. The van der Waals surface area contributed by atoms with E-state index in [1.54, 1.807) is 17.3 Å². The van der Waals surface area contributed by atoms with Crippen molar-refractivity contribution in [3.63, 3.8) is 0 Å². The minimum absolute atomic E-state index is 0.0745. The van der Waals surface area contributed by atoms with Crippen LogP contribution in [0.4, 0.5) is 5.82 Å². The van der Waals surface area contributed by atoms with Crippen LogP contribution < -0.4 is 5.32 Å². The van der Waals surface area contributed by atoms with Gasteiger partial charge in [0.1, 0.15) is 5.82 Å². The Balaban J connectivity index is 1.52. The lowest BCUT2D eigenvalue weighted by molar-refractivity contribution is -0.129. The summed E-state index contributed by atoms with van der Waals surface area (Å²) in [4.78, 5) is 26.5. The number of fused-ring (bicyclic) bond motifs is 1. The standard InChI is InChI=1S/C21H24N4O2/c1-15(26)24-13-11-16-6-2-5-9-18(16)19(24)14-21(27)23-20-10-12-22-25(20)17-7-3-4-8-17/h2,5-6,9-13,17,19H,3-4,7-8,14H2,1H3,(H,23,27). The smallest absolute Gasteiger partial charge is 0.227 e. The average Bonchev–Trinajstić information content (AvgIpc) is 3.33. The molecule has 0 radical (unpaired) electrons. The number of anilines is 1. The zero-order chi connectivity index (χ0) is 18.8. The van der Waals surface area contributed by atoms with Crippen LogP contribution >= 0.6 is 0 Å². The molecule has 2 amide bonds. The Morgan fingerprint density at radius 3 is 2.74 bits per heavy atom. The Hall–Kier alpha value is -2.89. The molecule has 1 unspecified atom stereocenters. The lowest BCUT2D eigenvalue weighted by atomic mass is 9.93. The summed E-state index contributed by atoms with van der Waals surface area (Å²) in [7, 11) is 0. The molecule has 1 fully saturated rings. The molecule has 1 saturated carbocycles. The van der Waals surface area contributed by atoms with Gasteiger partial charge in [0.05, 0.1) is 24.7 Å². The van der Waals surface area contributed by atoms with Gasteiger partial charge in [0.2, 0.25) is 11.8 Å². The van der Waals surface area contributed by atoms with Gasteiger partial charge in [0.25, 0.3) is 0 Å². The van der Waals surface area contributed by atoms with E-state index < -0.39 is 0 Å². The Bertz CT molecular complexity index is 880. The normalized spacial score (nSPS) is 19.1. The Morgan fingerprint density at radius 2 is 1.96 bits per heavy atom. The van der Waals surface area contributed by atoms with Gasteiger partial charge in [-0.05, 0) is 30.0 Å². The molecule has 140 valence electrons. The average molecular weight is 364 g/mol. The first-order chi connectivity index (χ1) is 13.1. The summed E-state index contributed by atoms with van der Waals surface area (Å²) in [5.41, 5.74) is 2.04. The van der Waals surface area contributed by atoms with Gasteiger partial charge >= 0.3 is 0 Å². The molecular weight excluding hydrogens is 340 g/mol. The van der Waals surface area contributed by atoms with Gasteiger partial charge in [-0.3, -0.25) is 9.59 Å². The van der Waals surface area contributed by atoms with Crippen molar-refractivity contribution >= 4 is 23.7 Å². The van der Waals surface area contributed by atoms with E-state index in [4.69, 9.17) is 0 Å². The van der Waals surface area contributed by atoms with E-state index in [0.717, 1.165) is 29.8 Å². The molecule has 1 N–H and O–H groups in total. The van der Waals surface area contributed by atoms with E-state index >= 15 is 0 Å². The SMILES string of the molecule is CC(=O)N1C=Cc2ccccc2C1CC(=O)Nc1ccnn1C1CCCC1. The van der Waals surface area contributed by atoms with Gasteiger partial charge in [0, 0.05) is 19.2 Å². The van der Waals surface area contributed by atoms with Crippen LogP contribution in [0.15, 0.2) is 42.7 Å². The highest BCUT2D eigenvalue weighted by atomic mass is 16.2. The maximum absolute atomic E-state index is 12.8. The van der Waals surface area contributed by atoms with E-state index in [2.05, 4.69) is 10.4 Å². The summed E-state index contributed by atoms with van der Waals surface area (Å²) in [6.07, 6.45) is 10.2. The van der Waals surface area contributed by atoms with Crippen molar-refractivity contribution in [1.29, 1.82) is 0 Å². The second-order valence-corrected chi connectivity index (χ2v) is 7.24. The maximum atomic E-state index is 12.8. The number of nitrogens with zero attached hydrogens (tertiary/aromatic N) is 3. The highest BCUT2D eigenvalue weighted by Crippen LogP contribution is 2.34. The van der Waals surface area contributed by atoms with E-state index in [0.29, 0.717) is 6.04 Å². The van der Waals surface area contributed by atoms with Crippen molar-refractivity contribution in [2.24, 2.45) is 0 Å². The third-order valence-electron chi connectivity index (χ3n) is 5.46. The van der Waals surface area contributed by atoms with Crippen molar-refractivity contribution in [2.75, 3.05) is 5.32 Å². The molecule has 2 aliphatic rings. The second kappa shape index (κ2) is 7.39. The molecule has 1 aliphatic carbocycles. The Kier molecular flexibility index (Phi) is 4.79. The molecule has 2 heterocycles. The van der Waals surface area contributed by atoms with Crippen LogP contribution in [0, 0.1) is 0 Å². The largest absolute Gasteiger partial charge is 0.311 e. The van der Waals surface area contributed by atoms with Crippen LogP contribution in [0.3, 0.4) is 0 Å². The molecule has 2 aromatic rings. The zero-order valence-electron chi connectivity index (χ0n) is 15.5. The minimum Gasteiger partial charge on any atom is -0.311 e. The molecule has 0 spiro atoms. The van der Waals surface area contributed by atoms with Gasteiger partial charge < -0.3 is 10.2 Å². The molecule has 4 rings (SSSR count). The Labute approximate surface area is 158 Å².